The summed E-state index contributed by atoms with van der Waals surface area (Å²) in [5.74, 6) is 0.685. The molecule has 0 aliphatic heterocycles. The Kier molecular flexibility index (Phi) is 8.15. The van der Waals surface area contributed by atoms with Crippen LogP contribution in [-0.4, -0.2) is 50.1 Å². The number of likely N-dealkylation sites (N-methyl/N-ethyl adjacent to an activating group) is 1. The number of rotatable bonds is 7. The molecule has 0 aromatic heterocycles. The molecule has 1 saturated carbocycles. The molecule has 1 amide bonds. The Morgan fingerprint density at radius 1 is 1.15 bits per heavy atom. The molecule has 0 aromatic rings. The molecular formula is C16H33N3O. The van der Waals surface area contributed by atoms with Crippen LogP contribution in [0.5, 0.6) is 0 Å². The molecule has 0 aromatic carbocycles. The van der Waals surface area contributed by atoms with Crippen LogP contribution in [0, 0.1) is 5.92 Å². The first kappa shape index (κ1) is 17.4. The third kappa shape index (κ3) is 7.25. The third-order valence-corrected chi connectivity index (χ3v) is 4.11. The fourth-order valence-electron chi connectivity index (χ4n) is 2.83. The maximum absolute atomic E-state index is 12.0. The Morgan fingerprint density at radius 2 is 1.75 bits per heavy atom. The van der Waals surface area contributed by atoms with Gasteiger partial charge in [-0.2, -0.15) is 0 Å². The predicted octanol–water partition coefficient (Wildman–Crippen LogP) is 2.00. The Bertz CT molecular complexity index is 271. The van der Waals surface area contributed by atoms with Crippen molar-refractivity contribution in [1.29, 1.82) is 0 Å². The fourth-order valence-corrected chi connectivity index (χ4v) is 2.83. The topological polar surface area (TPSA) is 44.4 Å². The van der Waals surface area contributed by atoms with Crippen LogP contribution in [0.4, 0.5) is 0 Å². The molecule has 0 radical (unpaired) electrons. The van der Waals surface area contributed by atoms with Gasteiger partial charge in [0.25, 0.3) is 0 Å². The zero-order chi connectivity index (χ0) is 15.0. The SMILES string of the molecule is CC(C)C(CN(C)C)NCC(=O)NC1CCCCCC1. The van der Waals surface area contributed by atoms with Crippen molar-refractivity contribution in [3.63, 3.8) is 0 Å². The van der Waals surface area contributed by atoms with Crippen LogP contribution in [0.15, 0.2) is 0 Å². The first-order valence-corrected chi connectivity index (χ1v) is 8.16. The van der Waals surface area contributed by atoms with Crippen LogP contribution in [0.2, 0.25) is 0 Å². The maximum atomic E-state index is 12.0. The average Bonchev–Trinajstić information content (AvgIpc) is 2.62. The summed E-state index contributed by atoms with van der Waals surface area (Å²) in [7, 11) is 4.14. The molecule has 0 spiro atoms. The molecule has 118 valence electrons. The van der Waals surface area contributed by atoms with E-state index in [0.29, 0.717) is 24.5 Å². The molecule has 1 aliphatic carbocycles. The minimum Gasteiger partial charge on any atom is -0.352 e. The highest BCUT2D eigenvalue weighted by Crippen LogP contribution is 2.16. The summed E-state index contributed by atoms with van der Waals surface area (Å²) >= 11 is 0. The molecule has 0 heterocycles. The van der Waals surface area contributed by atoms with Gasteiger partial charge in [0.05, 0.1) is 6.54 Å². The van der Waals surface area contributed by atoms with E-state index in [1.54, 1.807) is 0 Å². The van der Waals surface area contributed by atoms with E-state index in [2.05, 4.69) is 43.5 Å². The molecule has 1 unspecified atom stereocenters. The van der Waals surface area contributed by atoms with Crippen molar-refractivity contribution in [1.82, 2.24) is 15.5 Å². The van der Waals surface area contributed by atoms with Crippen LogP contribution < -0.4 is 10.6 Å². The minimum atomic E-state index is 0.154. The summed E-state index contributed by atoms with van der Waals surface area (Å²) in [4.78, 5) is 14.2. The normalized spacial score (nSPS) is 19.1. The van der Waals surface area contributed by atoms with Gasteiger partial charge >= 0.3 is 0 Å². The van der Waals surface area contributed by atoms with Gasteiger partial charge < -0.3 is 15.5 Å². The highest BCUT2D eigenvalue weighted by Gasteiger charge is 2.17. The minimum absolute atomic E-state index is 0.154. The van der Waals surface area contributed by atoms with E-state index in [9.17, 15) is 4.79 Å². The van der Waals surface area contributed by atoms with Crippen molar-refractivity contribution in [2.24, 2.45) is 5.92 Å². The zero-order valence-electron chi connectivity index (χ0n) is 13.7. The Balaban J connectivity index is 2.29. The lowest BCUT2D eigenvalue weighted by atomic mass is 10.0. The lowest BCUT2D eigenvalue weighted by molar-refractivity contribution is -0.121. The van der Waals surface area contributed by atoms with Crippen molar-refractivity contribution in [2.45, 2.75) is 64.5 Å². The van der Waals surface area contributed by atoms with E-state index in [1.165, 1.54) is 25.7 Å². The van der Waals surface area contributed by atoms with E-state index in [1.807, 2.05) is 0 Å². The number of nitrogens with zero attached hydrogens (tertiary/aromatic N) is 1. The van der Waals surface area contributed by atoms with Gasteiger partial charge in [-0.25, -0.2) is 0 Å². The standard InChI is InChI=1S/C16H33N3O/c1-13(2)15(12-19(3)4)17-11-16(20)18-14-9-7-5-6-8-10-14/h13-15,17H,5-12H2,1-4H3,(H,18,20). The highest BCUT2D eigenvalue weighted by molar-refractivity contribution is 5.78. The van der Waals surface area contributed by atoms with Gasteiger partial charge in [-0.3, -0.25) is 4.79 Å². The molecule has 4 heteroatoms. The van der Waals surface area contributed by atoms with E-state index in [4.69, 9.17) is 0 Å². The number of carbonyl (C=O) groups is 1. The molecule has 1 rings (SSSR count). The van der Waals surface area contributed by atoms with E-state index in [-0.39, 0.29) is 5.91 Å². The average molecular weight is 283 g/mol. The fraction of sp³-hybridized carbons (Fsp3) is 0.938. The summed E-state index contributed by atoms with van der Waals surface area (Å²) in [6, 6.07) is 0.767. The summed E-state index contributed by atoms with van der Waals surface area (Å²) in [6.07, 6.45) is 7.46. The Labute approximate surface area is 124 Å². The van der Waals surface area contributed by atoms with Gasteiger partial charge in [0.1, 0.15) is 0 Å². The lowest BCUT2D eigenvalue weighted by Gasteiger charge is -2.26. The number of hydrogen-bond donors (Lipinski definition) is 2. The number of carbonyl (C=O) groups excluding carboxylic acids is 1. The smallest absolute Gasteiger partial charge is 0.234 e. The third-order valence-electron chi connectivity index (χ3n) is 4.11. The second-order valence-electron chi connectivity index (χ2n) is 6.75. The van der Waals surface area contributed by atoms with Gasteiger partial charge in [-0.15, -0.1) is 0 Å². The molecule has 2 N–H and O–H groups in total. The molecule has 1 atom stereocenters. The monoisotopic (exact) mass is 283 g/mol. The first-order chi connectivity index (χ1) is 9.49. The second-order valence-corrected chi connectivity index (χ2v) is 6.75. The highest BCUT2D eigenvalue weighted by atomic mass is 16.2. The van der Waals surface area contributed by atoms with Gasteiger partial charge in [0.2, 0.25) is 5.91 Å². The van der Waals surface area contributed by atoms with Crippen molar-refractivity contribution < 1.29 is 4.79 Å². The quantitative estimate of drug-likeness (QED) is 0.703. The number of nitrogens with one attached hydrogen (secondary N) is 2. The summed E-state index contributed by atoms with van der Waals surface area (Å²) < 4.78 is 0. The van der Waals surface area contributed by atoms with Gasteiger partial charge in [0, 0.05) is 18.6 Å². The van der Waals surface area contributed by atoms with Crippen molar-refractivity contribution in [3.8, 4) is 0 Å². The largest absolute Gasteiger partial charge is 0.352 e. The maximum Gasteiger partial charge on any atom is 0.234 e. The molecule has 1 aliphatic rings. The first-order valence-electron chi connectivity index (χ1n) is 8.16. The van der Waals surface area contributed by atoms with Gasteiger partial charge in [0.15, 0.2) is 0 Å². The number of hydrogen-bond acceptors (Lipinski definition) is 3. The number of amides is 1. The predicted molar refractivity (Wildman–Crippen MR) is 84.8 cm³/mol. The van der Waals surface area contributed by atoms with Gasteiger partial charge in [-0.05, 0) is 32.9 Å². The molecule has 1 fully saturated rings. The molecule has 0 bridgehead atoms. The second kappa shape index (κ2) is 9.35. The summed E-state index contributed by atoms with van der Waals surface area (Å²) in [5.41, 5.74) is 0. The van der Waals surface area contributed by atoms with E-state index >= 15 is 0 Å². The van der Waals surface area contributed by atoms with Crippen LogP contribution in [0.3, 0.4) is 0 Å². The zero-order valence-corrected chi connectivity index (χ0v) is 13.7. The van der Waals surface area contributed by atoms with Crippen molar-refractivity contribution in [3.05, 3.63) is 0 Å². The van der Waals surface area contributed by atoms with Crippen LogP contribution >= 0.6 is 0 Å². The molecule has 20 heavy (non-hydrogen) atoms. The molecule has 4 nitrogen and oxygen atoms in total. The van der Waals surface area contributed by atoms with Crippen molar-refractivity contribution >= 4 is 5.91 Å². The van der Waals surface area contributed by atoms with E-state index < -0.39 is 0 Å². The molecule has 0 saturated heterocycles. The van der Waals surface area contributed by atoms with Crippen LogP contribution in [0.1, 0.15) is 52.4 Å². The lowest BCUT2D eigenvalue weighted by Crippen LogP contribution is -2.47. The summed E-state index contributed by atoms with van der Waals surface area (Å²) in [5, 5.41) is 6.59. The van der Waals surface area contributed by atoms with Gasteiger partial charge in [-0.1, -0.05) is 39.5 Å². The van der Waals surface area contributed by atoms with E-state index in [0.717, 1.165) is 19.4 Å². The van der Waals surface area contributed by atoms with Crippen LogP contribution in [-0.2, 0) is 4.79 Å². The van der Waals surface area contributed by atoms with Crippen molar-refractivity contribution in [2.75, 3.05) is 27.2 Å². The summed E-state index contributed by atoms with van der Waals surface area (Å²) in [6.45, 7) is 5.80. The Hall–Kier alpha value is -0.610. The molecular weight excluding hydrogens is 250 g/mol. The van der Waals surface area contributed by atoms with Crippen LogP contribution in [0.25, 0.3) is 0 Å². The Morgan fingerprint density at radius 3 is 2.25 bits per heavy atom.